The molecule has 164 valence electrons. The second-order valence-electron chi connectivity index (χ2n) is 7.69. The SMILES string of the molecule is O=C(O)[C@H](Cc1ccccc1)NC(=O)[C@H](Cc1ccccc1)NC(=O)[C@@H]1C[C@@H](O)CN1. The van der Waals surface area contributed by atoms with E-state index in [0.717, 1.165) is 11.1 Å². The zero-order chi connectivity index (χ0) is 22.2. The summed E-state index contributed by atoms with van der Waals surface area (Å²) in [7, 11) is 0. The third-order valence-corrected chi connectivity index (χ3v) is 5.24. The van der Waals surface area contributed by atoms with Crippen LogP contribution in [0.15, 0.2) is 60.7 Å². The first-order valence-corrected chi connectivity index (χ1v) is 10.2. The number of hydrogen-bond donors (Lipinski definition) is 5. The van der Waals surface area contributed by atoms with Crippen molar-refractivity contribution in [2.24, 2.45) is 0 Å². The lowest BCUT2D eigenvalue weighted by Gasteiger charge is -2.23. The van der Waals surface area contributed by atoms with Crippen molar-refractivity contribution in [3.8, 4) is 0 Å². The van der Waals surface area contributed by atoms with Crippen molar-refractivity contribution in [2.75, 3.05) is 6.54 Å². The molecule has 31 heavy (non-hydrogen) atoms. The summed E-state index contributed by atoms with van der Waals surface area (Å²) in [5.74, 6) is -2.12. The lowest BCUT2D eigenvalue weighted by molar-refractivity contribution is -0.142. The summed E-state index contributed by atoms with van der Waals surface area (Å²) in [6, 6.07) is 15.5. The highest BCUT2D eigenvalue weighted by molar-refractivity contribution is 5.92. The Balaban J connectivity index is 1.72. The number of rotatable bonds is 9. The molecule has 2 aromatic carbocycles. The number of nitrogens with one attached hydrogen (secondary N) is 3. The minimum Gasteiger partial charge on any atom is -0.480 e. The molecule has 1 aliphatic heterocycles. The molecule has 5 N–H and O–H groups in total. The maximum atomic E-state index is 13.0. The second kappa shape index (κ2) is 10.7. The van der Waals surface area contributed by atoms with Crippen LogP contribution < -0.4 is 16.0 Å². The quantitative estimate of drug-likeness (QED) is 0.392. The van der Waals surface area contributed by atoms with Crippen LogP contribution in [-0.4, -0.2) is 58.8 Å². The highest BCUT2D eigenvalue weighted by Gasteiger charge is 2.32. The molecule has 1 fully saturated rings. The van der Waals surface area contributed by atoms with Crippen molar-refractivity contribution in [3.05, 3.63) is 71.8 Å². The Bertz CT molecular complexity index is 891. The number of carbonyl (C=O) groups excluding carboxylic acids is 2. The number of aliphatic carboxylic acids is 1. The van der Waals surface area contributed by atoms with E-state index < -0.39 is 42.0 Å². The maximum absolute atomic E-state index is 13.0. The molecule has 0 aromatic heterocycles. The molecule has 1 aliphatic rings. The van der Waals surface area contributed by atoms with E-state index in [9.17, 15) is 24.6 Å². The monoisotopic (exact) mass is 425 g/mol. The van der Waals surface area contributed by atoms with Gasteiger partial charge in [0, 0.05) is 19.4 Å². The Hall–Kier alpha value is -3.23. The third-order valence-electron chi connectivity index (χ3n) is 5.24. The first-order chi connectivity index (χ1) is 14.9. The molecule has 4 atom stereocenters. The molecule has 1 heterocycles. The number of carboxylic acid groups (broad SMARTS) is 1. The zero-order valence-electron chi connectivity index (χ0n) is 17.0. The number of aliphatic hydroxyl groups excluding tert-OH is 1. The Morgan fingerprint density at radius 2 is 1.45 bits per heavy atom. The molecule has 2 aromatic rings. The number of benzene rings is 2. The number of aliphatic hydroxyl groups is 1. The van der Waals surface area contributed by atoms with Crippen molar-refractivity contribution in [2.45, 2.75) is 43.5 Å². The fraction of sp³-hybridized carbons (Fsp3) is 0.348. The Labute approximate surface area is 180 Å². The van der Waals surface area contributed by atoms with E-state index >= 15 is 0 Å². The van der Waals surface area contributed by atoms with Crippen LogP contribution in [0, 0.1) is 0 Å². The maximum Gasteiger partial charge on any atom is 0.326 e. The van der Waals surface area contributed by atoms with Gasteiger partial charge in [-0.1, -0.05) is 60.7 Å². The Morgan fingerprint density at radius 1 is 0.903 bits per heavy atom. The van der Waals surface area contributed by atoms with Crippen LogP contribution >= 0.6 is 0 Å². The minimum absolute atomic E-state index is 0.129. The van der Waals surface area contributed by atoms with Crippen molar-refractivity contribution < 1.29 is 24.6 Å². The Kier molecular flexibility index (Phi) is 7.75. The molecule has 0 unspecified atom stereocenters. The van der Waals surface area contributed by atoms with E-state index in [4.69, 9.17) is 0 Å². The van der Waals surface area contributed by atoms with Crippen LogP contribution in [0.4, 0.5) is 0 Å². The Morgan fingerprint density at radius 3 is 1.94 bits per heavy atom. The van der Waals surface area contributed by atoms with Gasteiger partial charge in [-0.15, -0.1) is 0 Å². The topological polar surface area (TPSA) is 128 Å². The summed E-state index contributed by atoms with van der Waals surface area (Å²) in [6.45, 7) is 0.311. The van der Waals surface area contributed by atoms with E-state index in [2.05, 4.69) is 16.0 Å². The van der Waals surface area contributed by atoms with Crippen molar-refractivity contribution in [1.29, 1.82) is 0 Å². The molecule has 8 heteroatoms. The molecule has 0 bridgehead atoms. The van der Waals surface area contributed by atoms with Crippen LogP contribution in [0.2, 0.25) is 0 Å². The molecule has 0 aliphatic carbocycles. The fourth-order valence-corrected chi connectivity index (χ4v) is 3.57. The van der Waals surface area contributed by atoms with E-state index in [1.54, 1.807) is 24.3 Å². The average molecular weight is 425 g/mol. The molecule has 0 radical (unpaired) electrons. The third kappa shape index (κ3) is 6.63. The molecule has 0 spiro atoms. The average Bonchev–Trinajstić information content (AvgIpc) is 3.20. The molecule has 3 rings (SSSR count). The second-order valence-corrected chi connectivity index (χ2v) is 7.69. The lowest BCUT2D eigenvalue weighted by atomic mass is 10.0. The number of amides is 2. The van der Waals surface area contributed by atoms with Crippen LogP contribution in [-0.2, 0) is 27.2 Å². The van der Waals surface area contributed by atoms with E-state index in [1.807, 2.05) is 36.4 Å². The van der Waals surface area contributed by atoms with Gasteiger partial charge < -0.3 is 26.2 Å². The van der Waals surface area contributed by atoms with Crippen molar-refractivity contribution in [3.63, 3.8) is 0 Å². The summed E-state index contributed by atoms with van der Waals surface area (Å²) >= 11 is 0. The van der Waals surface area contributed by atoms with Gasteiger partial charge in [0.2, 0.25) is 11.8 Å². The van der Waals surface area contributed by atoms with E-state index in [0.29, 0.717) is 6.54 Å². The smallest absolute Gasteiger partial charge is 0.326 e. The summed E-state index contributed by atoms with van der Waals surface area (Å²) in [6.07, 6.45) is -0.00757. The van der Waals surface area contributed by atoms with Crippen LogP contribution in [0.25, 0.3) is 0 Å². The van der Waals surface area contributed by atoms with Crippen LogP contribution in [0.5, 0.6) is 0 Å². The number of hydrogen-bond acceptors (Lipinski definition) is 5. The normalized spacial score (nSPS) is 19.9. The van der Waals surface area contributed by atoms with Crippen LogP contribution in [0.1, 0.15) is 17.5 Å². The minimum atomic E-state index is -1.15. The summed E-state index contributed by atoms with van der Waals surface area (Å²) in [5, 5.41) is 27.5. The molecule has 1 saturated heterocycles. The van der Waals surface area contributed by atoms with E-state index in [-0.39, 0.29) is 19.3 Å². The zero-order valence-corrected chi connectivity index (χ0v) is 17.0. The van der Waals surface area contributed by atoms with Gasteiger partial charge in [0.25, 0.3) is 0 Å². The molecular formula is C23H27N3O5. The standard InChI is InChI=1S/C23H27N3O5/c27-17-13-18(24-14-17)21(28)25-19(11-15-7-3-1-4-8-15)22(29)26-20(23(30)31)12-16-9-5-2-6-10-16/h1-10,17-20,24,27H,11-14H2,(H,25,28)(H,26,29)(H,30,31)/t17-,18+,19+,20+/m1/s1. The summed E-state index contributed by atoms with van der Waals surface area (Å²) in [4.78, 5) is 37.4. The first-order valence-electron chi connectivity index (χ1n) is 10.2. The van der Waals surface area contributed by atoms with Gasteiger partial charge in [-0.25, -0.2) is 4.79 Å². The van der Waals surface area contributed by atoms with Gasteiger partial charge in [0.15, 0.2) is 0 Å². The predicted molar refractivity (Wildman–Crippen MR) is 114 cm³/mol. The highest BCUT2D eigenvalue weighted by atomic mass is 16.4. The lowest BCUT2D eigenvalue weighted by Crippen LogP contribution is -2.55. The van der Waals surface area contributed by atoms with Gasteiger partial charge in [-0.3, -0.25) is 9.59 Å². The fourth-order valence-electron chi connectivity index (χ4n) is 3.57. The van der Waals surface area contributed by atoms with Crippen LogP contribution in [0.3, 0.4) is 0 Å². The largest absolute Gasteiger partial charge is 0.480 e. The first kappa shape index (κ1) is 22.5. The number of β-amino-alcohol motifs (C(OH)–C–C–N with tert-alkyl or cyclic N) is 1. The summed E-state index contributed by atoms with van der Waals surface area (Å²) < 4.78 is 0. The molecule has 0 saturated carbocycles. The van der Waals surface area contributed by atoms with Gasteiger partial charge in [-0.2, -0.15) is 0 Å². The van der Waals surface area contributed by atoms with Gasteiger partial charge in [0.1, 0.15) is 12.1 Å². The van der Waals surface area contributed by atoms with Gasteiger partial charge in [0.05, 0.1) is 12.1 Å². The number of carboxylic acids is 1. The van der Waals surface area contributed by atoms with Crippen molar-refractivity contribution >= 4 is 17.8 Å². The molecule has 2 amide bonds. The van der Waals surface area contributed by atoms with Gasteiger partial charge >= 0.3 is 5.97 Å². The molecule has 8 nitrogen and oxygen atoms in total. The van der Waals surface area contributed by atoms with Gasteiger partial charge in [-0.05, 0) is 17.5 Å². The summed E-state index contributed by atoms with van der Waals surface area (Å²) in [5.41, 5.74) is 1.61. The molecular weight excluding hydrogens is 398 g/mol. The highest BCUT2D eigenvalue weighted by Crippen LogP contribution is 2.10. The van der Waals surface area contributed by atoms with Crippen molar-refractivity contribution in [1.82, 2.24) is 16.0 Å². The predicted octanol–water partition coefficient (Wildman–Crippen LogP) is 0.249. The van der Waals surface area contributed by atoms with E-state index in [1.165, 1.54) is 0 Å². The number of carbonyl (C=O) groups is 3.